The third kappa shape index (κ3) is 2.89. The molecule has 0 unspecified atom stereocenters. The van der Waals surface area contributed by atoms with Crippen LogP contribution in [0.4, 0.5) is 5.82 Å². The molecule has 0 saturated heterocycles. The van der Waals surface area contributed by atoms with Crippen molar-refractivity contribution in [3.8, 4) is 0 Å². The molecule has 0 aliphatic carbocycles. The highest BCUT2D eigenvalue weighted by Gasteiger charge is 2.14. The van der Waals surface area contributed by atoms with Crippen molar-refractivity contribution in [2.24, 2.45) is 0 Å². The number of rotatable bonds is 4. The zero-order valence-corrected chi connectivity index (χ0v) is 15.1. The summed E-state index contributed by atoms with van der Waals surface area (Å²) in [5.41, 5.74) is 1.27. The summed E-state index contributed by atoms with van der Waals surface area (Å²) in [4.78, 5) is 11.7. The number of fused-ring (bicyclic) bond motifs is 1. The molecule has 0 bridgehead atoms. The fourth-order valence-electron chi connectivity index (χ4n) is 2.23. The molecule has 0 spiro atoms. The van der Waals surface area contributed by atoms with E-state index in [1.807, 2.05) is 17.1 Å². The monoisotopic (exact) mass is 413 g/mol. The molecule has 3 aromatic rings. The van der Waals surface area contributed by atoms with Crippen LogP contribution in [0, 0.1) is 17.4 Å². The molecule has 0 radical (unpaired) electrons. The molecule has 3 rings (SSSR count). The minimum atomic E-state index is 0.591. The van der Waals surface area contributed by atoms with Crippen LogP contribution in [0.2, 0.25) is 0 Å². The average molecular weight is 413 g/mol. The van der Waals surface area contributed by atoms with Gasteiger partial charge in [0.25, 0.3) is 0 Å². The highest BCUT2D eigenvalue weighted by atomic mass is 127. The van der Waals surface area contributed by atoms with Gasteiger partial charge in [0.05, 0.1) is 15.2 Å². The van der Waals surface area contributed by atoms with Gasteiger partial charge in [-0.25, -0.2) is 9.97 Å². The van der Waals surface area contributed by atoms with E-state index < -0.39 is 0 Å². The van der Waals surface area contributed by atoms with Gasteiger partial charge in [-0.2, -0.15) is 5.10 Å². The number of hydrogen-bond acceptors (Lipinski definition) is 5. The molecule has 5 nitrogen and oxygen atoms in total. The van der Waals surface area contributed by atoms with Crippen molar-refractivity contribution in [3.63, 3.8) is 0 Å². The van der Waals surface area contributed by atoms with E-state index in [4.69, 9.17) is 9.97 Å². The summed E-state index contributed by atoms with van der Waals surface area (Å²) < 4.78 is 2.98. The summed E-state index contributed by atoms with van der Waals surface area (Å²) in [5.74, 6) is 1.72. The first-order valence-corrected chi connectivity index (χ1v) is 8.66. The van der Waals surface area contributed by atoms with Gasteiger partial charge in [-0.15, -0.1) is 11.3 Å². The van der Waals surface area contributed by atoms with Crippen molar-refractivity contribution in [1.29, 1.82) is 0 Å². The van der Waals surface area contributed by atoms with Crippen LogP contribution in [-0.4, -0.2) is 26.3 Å². The minimum absolute atomic E-state index is 0.591. The van der Waals surface area contributed by atoms with Crippen LogP contribution in [0.1, 0.15) is 23.2 Å². The molecule has 0 saturated carbocycles. The molecule has 3 aromatic heterocycles. The van der Waals surface area contributed by atoms with Crippen molar-refractivity contribution < 1.29 is 0 Å². The molecular weight excluding hydrogens is 397 g/mol. The number of thiophene rings is 1. The van der Waals surface area contributed by atoms with Crippen LogP contribution in [-0.2, 0) is 6.54 Å². The second-order valence-electron chi connectivity index (χ2n) is 4.84. The number of anilines is 1. The zero-order chi connectivity index (χ0) is 15.0. The maximum Gasteiger partial charge on any atom is 0.153 e. The summed E-state index contributed by atoms with van der Waals surface area (Å²) in [5, 5.41) is 8.81. The first kappa shape index (κ1) is 14.7. The molecule has 0 aliphatic heterocycles. The molecule has 0 fully saturated rings. The van der Waals surface area contributed by atoms with Gasteiger partial charge in [0.2, 0.25) is 0 Å². The molecule has 110 valence electrons. The fraction of sp³-hybridized carbons (Fsp3) is 0.357. The Labute approximate surface area is 140 Å². The van der Waals surface area contributed by atoms with E-state index in [9.17, 15) is 0 Å². The van der Waals surface area contributed by atoms with Gasteiger partial charge in [-0.3, -0.25) is 4.68 Å². The number of nitrogens with one attached hydrogen (secondary N) is 1. The van der Waals surface area contributed by atoms with E-state index in [-0.39, 0.29) is 0 Å². The van der Waals surface area contributed by atoms with Gasteiger partial charge in [-0.05, 0) is 48.9 Å². The highest BCUT2D eigenvalue weighted by molar-refractivity contribution is 14.1. The molecule has 0 atom stereocenters. The summed E-state index contributed by atoms with van der Waals surface area (Å²) >= 11 is 3.98. The Morgan fingerprint density at radius 3 is 2.81 bits per heavy atom. The van der Waals surface area contributed by atoms with Crippen molar-refractivity contribution >= 4 is 50.0 Å². The molecular formula is C14H16IN5S. The Morgan fingerprint density at radius 2 is 2.14 bits per heavy atom. The van der Waals surface area contributed by atoms with Crippen LogP contribution in [0.15, 0.2) is 12.4 Å². The predicted octanol–water partition coefficient (Wildman–Crippen LogP) is 3.59. The van der Waals surface area contributed by atoms with Gasteiger partial charge in [0.15, 0.2) is 5.82 Å². The molecule has 0 aromatic carbocycles. The molecule has 3 heterocycles. The van der Waals surface area contributed by atoms with E-state index in [2.05, 4.69) is 53.8 Å². The standard InChI is InChI=1S/C14H16IN5S/c1-4-16-13-12-8(2)9(3)21-14(12)19-11(18-13)7-20-6-10(15)5-17-20/h5-6H,4,7H2,1-3H3,(H,16,18,19). The van der Waals surface area contributed by atoms with Crippen LogP contribution in [0.25, 0.3) is 10.2 Å². The second-order valence-corrected chi connectivity index (χ2v) is 7.29. The molecule has 7 heteroatoms. The maximum absolute atomic E-state index is 4.71. The molecule has 1 N–H and O–H groups in total. The number of halogens is 1. The van der Waals surface area contributed by atoms with Gasteiger partial charge in [-0.1, -0.05) is 0 Å². The van der Waals surface area contributed by atoms with Gasteiger partial charge in [0.1, 0.15) is 17.2 Å². The lowest BCUT2D eigenvalue weighted by molar-refractivity contribution is 0.658. The van der Waals surface area contributed by atoms with E-state index in [0.29, 0.717) is 6.54 Å². The van der Waals surface area contributed by atoms with Crippen LogP contribution < -0.4 is 5.32 Å². The first-order valence-electron chi connectivity index (χ1n) is 6.77. The number of aromatic nitrogens is 4. The third-order valence-corrected chi connectivity index (χ3v) is 4.98. The summed E-state index contributed by atoms with van der Waals surface area (Å²) in [7, 11) is 0. The quantitative estimate of drug-likeness (QED) is 0.665. The minimum Gasteiger partial charge on any atom is -0.370 e. The SMILES string of the molecule is CCNc1nc(Cn2cc(I)cn2)nc2sc(C)c(C)c12. The fourth-order valence-corrected chi connectivity index (χ4v) is 3.72. The Hall–Kier alpha value is -1.22. The van der Waals surface area contributed by atoms with Crippen LogP contribution in [0.3, 0.4) is 0 Å². The normalized spacial score (nSPS) is 11.2. The molecule has 0 aliphatic rings. The van der Waals surface area contributed by atoms with E-state index >= 15 is 0 Å². The first-order chi connectivity index (χ1) is 10.1. The summed E-state index contributed by atoms with van der Waals surface area (Å²) in [6.07, 6.45) is 3.83. The van der Waals surface area contributed by atoms with Crippen molar-refractivity contribution in [3.05, 3.63) is 32.2 Å². The zero-order valence-electron chi connectivity index (χ0n) is 12.1. The lowest BCUT2D eigenvalue weighted by Gasteiger charge is -2.08. The van der Waals surface area contributed by atoms with E-state index in [0.717, 1.165) is 32.0 Å². The van der Waals surface area contributed by atoms with Gasteiger partial charge in [0, 0.05) is 17.6 Å². The Morgan fingerprint density at radius 1 is 1.33 bits per heavy atom. The largest absolute Gasteiger partial charge is 0.370 e. The van der Waals surface area contributed by atoms with Crippen molar-refractivity contribution in [2.75, 3.05) is 11.9 Å². The van der Waals surface area contributed by atoms with E-state index in [1.165, 1.54) is 10.4 Å². The average Bonchev–Trinajstić information content (AvgIpc) is 2.95. The van der Waals surface area contributed by atoms with Crippen LogP contribution >= 0.6 is 33.9 Å². The Bertz CT molecular complexity index is 792. The lowest BCUT2D eigenvalue weighted by atomic mass is 10.2. The number of aryl methyl sites for hydroxylation is 2. The summed E-state index contributed by atoms with van der Waals surface area (Å²) in [6.45, 7) is 7.78. The topological polar surface area (TPSA) is 55.6 Å². The van der Waals surface area contributed by atoms with E-state index in [1.54, 1.807) is 11.3 Å². The van der Waals surface area contributed by atoms with Crippen LogP contribution in [0.5, 0.6) is 0 Å². The van der Waals surface area contributed by atoms with Gasteiger partial charge >= 0.3 is 0 Å². The Balaban J connectivity index is 2.07. The maximum atomic E-state index is 4.71. The number of hydrogen-bond donors (Lipinski definition) is 1. The predicted molar refractivity (Wildman–Crippen MR) is 95.1 cm³/mol. The second kappa shape index (κ2) is 5.88. The third-order valence-electron chi connectivity index (χ3n) is 3.32. The van der Waals surface area contributed by atoms with Crippen molar-refractivity contribution in [2.45, 2.75) is 27.3 Å². The lowest BCUT2D eigenvalue weighted by Crippen LogP contribution is -2.08. The Kier molecular flexibility index (Phi) is 4.12. The number of nitrogens with zero attached hydrogens (tertiary/aromatic N) is 4. The molecule has 0 amide bonds. The van der Waals surface area contributed by atoms with Crippen molar-refractivity contribution in [1.82, 2.24) is 19.7 Å². The highest BCUT2D eigenvalue weighted by Crippen LogP contribution is 2.33. The smallest absolute Gasteiger partial charge is 0.153 e. The molecule has 21 heavy (non-hydrogen) atoms. The summed E-state index contributed by atoms with van der Waals surface area (Å²) in [6, 6.07) is 0. The van der Waals surface area contributed by atoms with Gasteiger partial charge < -0.3 is 5.32 Å².